The fourth-order valence-electron chi connectivity index (χ4n) is 1.40. The quantitative estimate of drug-likeness (QED) is 0.821. The number of benzene rings is 1. The molecule has 0 aliphatic carbocycles. The molecule has 1 aromatic heterocycles. The average Bonchev–Trinajstić information content (AvgIpc) is 2.72. The maximum Gasteiger partial charge on any atom is 0.246 e. The maximum atomic E-state index is 8.84. The maximum absolute atomic E-state index is 8.84. The van der Waals surface area contributed by atoms with Crippen LogP contribution in [0.1, 0.15) is 5.56 Å². The predicted octanol–water partition coefficient (Wildman–Crippen LogP) is 0.787. The Hall–Kier alpha value is -2.55. The van der Waals surface area contributed by atoms with Gasteiger partial charge in [-0.2, -0.15) is 14.9 Å². The highest BCUT2D eigenvalue weighted by molar-refractivity contribution is 5.46. The fourth-order valence-corrected chi connectivity index (χ4v) is 1.40. The van der Waals surface area contributed by atoms with Crippen LogP contribution in [0.15, 0.2) is 24.3 Å². The molecule has 0 saturated heterocycles. The minimum atomic E-state index is 0.295. The number of nitrogens with two attached hydrogens (primary N) is 1. The van der Waals surface area contributed by atoms with E-state index in [-0.39, 0.29) is 0 Å². The highest BCUT2D eigenvalue weighted by atomic mass is 15.4. The van der Waals surface area contributed by atoms with E-state index in [0.29, 0.717) is 17.5 Å². The third-order valence-electron chi connectivity index (χ3n) is 2.24. The summed E-state index contributed by atoms with van der Waals surface area (Å²) in [5, 5.41) is 13.1. The van der Waals surface area contributed by atoms with Crippen LogP contribution in [0.2, 0.25) is 0 Å². The standard InChI is InChI=1S/C11H12N6/c1-16(2)11-14-10(13)17(15-11)9-5-3-4-8(6-9)7-12/h3-6H,1-2H3,(H2,13,14,15). The highest BCUT2D eigenvalue weighted by Gasteiger charge is 2.10. The highest BCUT2D eigenvalue weighted by Crippen LogP contribution is 2.15. The van der Waals surface area contributed by atoms with Gasteiger partial charge in [0.2, 0.25) is 11.9 Å². The van der Waals surface area contributed by atoms with Gasteiger partial charge in [-0.3, -0.25) is 0 Å². The molecule has 0 atom stereocenters. The molecule has 0 unspecified atom stereocenters. The first kappa shape index (κ1) is 11.0. The second-order valence-electron chi connectivity index (χ2n) is 3.74. The Balaban J connectivity index is 2.49. The van der Waals surface area contributed by atoms with Crippen molar-refractivity contribution < 1.29 is 0 Å². The van der Waals surface area contributed by atoms with E-state index in [4.69, 9.17) is 11.0 Å². The molecule has 17 heavy (non-hydrogen) atoms. The van der Waals surface area contributed by atoms with E-state index in [0.717, 1.165) is 5.69 Å². The van der Waals surface area contributed by atoms with Gasteiger partial charge in [0.05, 0.1) is 17.3 Å². The van der Waals surface area contributed by atoms with E-state index in [1.807, 2.05) is 20.2 Å². The molecule has 0 fully saturated rings. The van der Waals surface area contributed by atoms with Gasteiger partial charge in [0.25, 0.3) is 0 Å². The summed E-state index contributed by atoms with van der Waals surface area (Å²) >= 11 is 0. The lowest BCUT2D eigenvalue weighted by atomic mass is 10.2. The lowest BCUT2D eigenvalue weighted by Crippen LogP contribution is -2.10. The van der Waals surface area contributed by atoms with E-state index in [1.165, 1.54) is 4.68 Å². The molecule has 2 N–H and O–H groups in total. The van der Waals surface area contributed by atoms with Crippen LogP contribution in [0.5, 0.6) is 0 Å². The van der Waals surface area contributed by atoms with Crippen LogP contribution >= 0.6 is 0 Å². The van der Waals surface area contributed by atoms with Crippen LogP contribution < -0.4 is 10.6 Å². The summed E-state index contributed by atoms with van der Waals surface area (Å²) < 4.78 is 1.51. The van der Waals surface area contributed by atoms with Crippen molar-refractivity contribution in [1.29, 1.82) is 5.26 Å². The Morgan fingerprint density at radius 2 is 2.18 bits per heavy atom. The summed E-state index contributed by atoms with van der Waals surface area (Å²) in [5.41, 5.74) is 7.07. The fraction of sp³-hybridized carbons (Fsp3) is 0.182. The molecule has 0 aliphatic rings. The number of aromatic nitrogens is 3. The van der Waals surface area contributed by atoms with E-state index in [2.05, 4.69) is 16.2 Å². The first-order chi connectivity index (χ1) is 8.11. The summed E-state index contributed by atoms with van der Waals surface area (Å²) in [4.78, 5) is 5.88. The summed E-state index contributed by atoms with van der Waals surface area (Å²) in [7, 11) is 3.68. The Morgan fingerprint density at radius 3 is 2.76 bits per heavy atom. The van der Waals surface area contributed by atoms with Crippen molar-refractivity contribution in [1.82, 2.24) is 14.8 Å². The molecule has 0 saturated carbocycles. The smallest absolute Gasteiger partial charge is 0.246 e. The van der Waals surface area contributed by atoms with Gasteiger partial charge in [0, 0.05) is 14.1 Å². The van der Waals surface area contributed by atoms with Gasteiger partial charge in [0.15, 0.2) is 0 Å². The van der Waals surface area contributed by atoms with Gasteiger partial charge in [0.1, 0.15) is 0 Å². The van der Waals surface area contributed by atoms with Crippen LogP contribution in [0.25, 0.3) is 5.69 Å². The number of hydrogen-bond acceptors (Lipinski definition) is 5. The van der Waals surface area contributed by atoms with Gasteiger partial charge in [-0.15, -0.1) is 5.10 Å². The van der Waals surface area contributed by atoms with E-state index in [9.17, 15) is 0 Å². The number of rotatable bonds is 2. The number of nitrogen functional groups attached to an aromatic ring is 1. The number of hydrogen-bond donors (Lipinski definition) is 1. The van der Waals surface area contributed by atoms with Crippen molar-refractivity contribution in [3.05, 3.63) is 29.8 Å². The normalized spacial score (nSPS) is 9.94. The van der Waals surface area contributed by atoms with Gasteiger partial charge < -0.3 is 10.6 Å². The zero-order valence-electron chi connectivity index (χ0n) is 9.62. The van der Waals surface area contributed by atoms with Gasteiger partial charge in [-0.05, 0) is 18.2 Å². The zero-order chi connectivity index (χ0) is 12.4. The zero-order valence-corrected chi connectivity index (χ0v) is 9.62. The molecule has 0 spiro atoms. The van der Waals surface area contributed by atoms with Gasteiger partial charge >= 0.3 is 0 Å². The Labute approximate surface area is 98.9 Å². The van der Waals surface area contributed by atoms with Crippen molar-refractivity contribution >= 4 is 11.9 Å². The molecule has 0 amide bonds. The lowest BCUT2D eigenvalue weighted by molar-refractivity contribution is 0.874. The van der Waals surface area contributed by atoms with Crippen LogP contribution in [-0.4, -0.2) is 28.9 Å². The monoisotopic (exact) mass is 228 g/mol. The Kier molecular flexibility index (Phi) is 2.66. The summed E-state index contributed by atoms with van der Waals surface area (Å²) in [5.74, 6) is 0.827. The van der Waals surface area contributed by atoms with Crippen LogP contribution in [-0.2, 0) is 0 Å². The molecule has 0 aliphatic heterocycles. The molecule has 6 heteroatoms. The molecule has 1 heterocycles. The third-order valence-corrected chi connectivity index (χ3v) is 2.24. The Morgan fingerprint density at radius 1 is 1.41 bits per heavy atom. The second-order valence-corrected chi connectivity index (χ2v) is 3.74. The molecule has 2 aromatic rings. The molecule has 0 bridgehead atoms. The number of anilines is 2. The molecule has 6 nitrogen and oxygen atoms in total. The second kappa shape index (κ2) is 4.14. The molecule has 86 valence electrons. The third kappa shape index (κ3) is 2.03. The van der Waals surface area contributed by atoms with E-state index >= 15 is 0 Å². The summed E-state index contributed by atoms with van der Waals surface area (Å²) in [6.45, 7) is 0. The van der Waals surface area contributed by atoms with Gasteiger partial charge in [-0.25, -0.2) is 0 Å². The van der Waals surface area contributed by atoms with Gasteiger partial charge in [-0.1, -0.05) is 6.07 Å². The number of nitrogens with zero attached hydrogens (tertiary/aromatic N) is 5. The molecular formula is C11H12N6. The molecule has 0 radical (unpaired) electrons. The summed E-state index contributed by atoms with van der Waals surface area (Å²) in [6, 6.07) is 9.12. The predicted molar refractivity (Wildman–Crippen MR) is 64.8 cm³/mol. The minimum absolute atomic E-state index is 0.295. The van der Waals surface area contributed by atoms with Crippen molar-refractivity contribution in [3.8, 4) is 11.8 Å². The van der Waals surface area contributed by atoms with Crippen LogP contribution in [0.3, 0.4) is 0 Å². The SMILES string of the molecule is CN(C)c1nc(N)n(-c2cccc(C#N)c2)n1. The van der Waals surface area contributed by atoms with E-state index in [1.54, 1.807) is 23.1 Å². The molecular weight excluding hydrogens is 216 g/mol. The van der Waals surface area contributed by atoms with Crippen molar-refractivity contribution in [2.75, 3.05) is 24.7 Å². The largest absolute Gasteiger partial charge is 0.368 e. The minimum Gasteiger partial charge on any atom is -0.368 e. The van der Waals surface area contributed by atoms with E-state index < -0.39 is 0 Å². The lowest BCUT2D eigenvalue weighted by Gasteiger charge is -2.04. The first-order valence-electron chi connectivity index (χ1n) is 5.02. The molecule has 1 aromatic carbocycles. The van der Waals surface area contributed by atoms with Crippen molar-refractivity contribution in [2.24, 2.45) is 0 Å². The van der Waals surface area contributed by atoms with Crippen LogP contribution in [0.4, 0.5) is 11.9 Å². The number of nitriles is 1. The van der Waals surface area contributed by atoms with Crippen molar-refractivity contribution in [3.63, 3.8) is 0 Å². The van der Waals surface area contributed by atoms with Crippen molar-refractivity contribution in [2.45, 2.75) is 0 Å². The van der Waals surface area contributed by atoms with Crippen LogP contribution in [0, 0.1) is 11.3 Å². The summed E-state index contributed by atoms with van der Waals surface area (Å²) in [6.07, 6.45) is 0. The average molecular weight is 228 g/mol. The topological polar surface area (TPSA) is 83.8 Å². The Bertz CT molecular complexity index is 578. The molecule has 2 rings (SSSR count). The first-order valence-corrected chi connectivity index (χ1v) is 5.02.